The van der Waals surface area contributed by atoms with Crippen LogP contribution in [0.15, 0.2) is 54.6 Å². The van der Waals surface area contributed by atoms with E-state index in [0.29, 0.717) is 25.1 Å². The maximum absolute atomic E-state index is 14.1. The molecule has 0 aromatic heterocycles. The van der Waals surface area contributed by atoms with Crippen molar-refractivity contribution in [2.24, 2.45) is 5.92 Å². The maximum Gasteiger partial charge on any atom is 0.408 e. The molecule has 0 aliphatic carbocycles. The Hall–Kier alpha value is -4.08. The molecular weight excluding hydrogens is 562 g/mol. The Kier molecular flexibility index (Phi) is 12.6. The van der Waals surface area contributed by atoms with E-state index in [2.05, 4.69) is 10.6 Å². The molecule has 2 aromatic carbocycles. The number of rotatable bonds is 12. The summed E-state index contributed by atoms with van der Waals surface area (Å²) in [7, 11) is 1.57. The van der Waals surface area contributed by atoms with Crippen molar-refractivity contribution in [1.82, 2.24) is 15.5 Å². The highest BCUT2D eigenvalue weighted by Gasteiger charge is 2.39. The minimum absolute atomic E-state index is 0.118. The lowest BCUT2D eigenvalue weighted by molar-refractivity contribution is -0.159. The quantitative estimate of drug-likeness (QED) is 0.332. The van der Waals surface area contributed by atoms with E-state index < -0.39 is 41.7 Å². The van der Waals surface area contributed by atoms with Gasteiger partial charge in [-0.1, -0.05) is 62.7 Å². The van der Waals surface area contributed by atoms with E-state index in [1.165, 1.54) is 0 Å². The number of esters is 1. The summed E-state index contributed by atoms with van der Waals surface area (Å²) in [6.45, 7) is 9.54. The average Bonchev–Trinajstić information content (AvgIpc) is 3.01. The third kappa shape index (κ3) is 10.3. The molecule has 1 aliphatic rings. The van der Waals surface area contributed by atoms with Crippen molar-refractivity contribution < 1.29 is 33.4 Å². The van der Waals surface area contributed by atoms with Gasteiger partial charge >= 0.3 is 12.1 Å². The largest absolute Gasteiger partial charge is 0.497 e. The fraction of sp³-hybridized carbons (Fsp3) is 0.529. The van der Waals surface area contributed by atoms with Crippen molar-refractivity contribution in [3.63, 3.8) is 0 Å². The predicted molar refractivity (Wildman–Crippen MR) is 167 cm³/mol. The van der Waals surface area contributed by atoms with Crippen LogP contribution >= 0.6 is 0 Å². The Morgan fingerprint density at radius 3 is 2.25 bits per heavy atom. The second-order valence-electron chi connectivity index (χ2n) is 12.3. The number of likely N-dealkylation sites (tertiary alicyclic amines) is 1. The Labute approximate surface area is 260 Å². The molecule has 3 amide bonds. The first-order chi connectivity index (χ1) is 20.9. The number of nitrogens with zero attached hydrogens (tertiary/aromatic N) is 1. The lowest BCUT2D eigenvalue weighted by Crippen LogP contribution is -2.60. The van der Waals surface area contributed by atoms with Gasteiger partial charge in [-0.05, 0) is 69.2 Å². The van der Waals surface area contributed by atoms with E-state index >= 15 is 0 Å². The van der Waals surface area contributed by atoms with Crippen LogP contribution in [-0.4, -0.2) is 66.2 Å². The van der Waals surface area contributed by atoms with Crippen LogP contribution in [0.5, 0.6) is 5.75 Å². The fourth-order valence-electron chi connectivity index (χ4n) is 5.04. The van der Waals surface area contributed by atoms with Crippen LogP contribution in [-0.2, 0) is 36.9 Å². The highest BCUT2D eigenvalue weighted by Crippen LogP contribution is 2.23. The van der Waals surface area contributed by atoms with Gasteiger partial charge in [0.2, 0.25) is 11.8 Å². The van der Waals surface area contributed by atoms with E-state index in [0.717, 1.165) is 24.0 Å². The van der Waals surface area contributed by atoms with Crippen molar-refractivity contribution in [2.45, 2.75) is 97.1 Å². The summed E-state index contributed by atoms with van der Waals surface area (Å²) >= 11 is 0. The number of amides is 3. The van der Waals surface area contributed by atoms with E-state index in [-0.39, 0.29) is 24.9 Å². The summed E-state index contributed by atoms with van der Waals surface area (Å²) in [5.41, 5.74) is 0.879. The highest BCUT2D eigenvalue weighted by molar-refractivity contribution is 5.93. The van der Waals surface area contributed by atoms with Crippen LogP contribution in [0.3, 0.4) is 0 Å². The highest BCUT2D eigenvalue weighted by atomic mass is 16.6. The normalized spacial score (nSPS) is 17.0. The molecule has 10 nitrogen and oxygen atoms in total. The van der Waals surface area contributed by atoms with E-state index in [1.807, 2.05) is 56.3 Å². The smallest absolute Gasteiger partial charge is 0.408 e. The molecule has 0 bridgehead atoms. The molecule has 10 heteroatoms. The van der Waals surface area contributed by atoms with Gasteiger partial charge in [0.25, 0.3) is 0 Å². The third-order valence-electron chi connectivity index (χ3n) is 7.67. The molecule has 1 aliphatic heterocycles. The number of methoxy groups -OCH3 is 1. The van der Waals surface area contributed by atoms with Crippen LogP contribution in [0.4, 0.5) is 4.79 Å². The van der Waals surface area contributed by atoms with Crippen molar-refractivity contribution >= 4 is 23.9 Å². The molecule has 2 aromatic rings. The zero-order valence-corrected chi connectivity index (χ0v) is 26.8. The van der Waals surface area contributed by atoms with Crippen LogP contribution in [0, 0.1) is 5.92 Å². The molecule has 0 radical (unpaired) electrons. The summed E-state index contributed by atoms with van der Waals surface area (Å²) in [5.74, 6) is -0.895. The first kappa shape index (κ1) is 34.4. The molecule has 44 heavy (non-hydrogen) atoms. The number of benzene rings is 2. The van der Waals surface area contributed by atoms with Crippen LogP contribution in [0.1, 0.15) is 71.4 Å². The summed E-state index contributed by atoms with van der Waals surface area (Å²) in [5, 5.41) is 5.60. The van der Waals surface area contributed by atoms with E-state index in [9.17, 15) is 19.2 Å². The van der Waals surface area contributed by atoms with Gasteiger partial charge in [0.1, 0.15) is 36.1 Å². The van der Waals surface area contributed by atoms with E-state index in [1.54, 1.807) is 44.9 Å². The Morgan fingerprint density at radius 2 is 1.64 bits per heavy atom. The number of alkyl carbamates (subject to hydrolysis) is 1. The SMILES string of the molecule is CC[C@H](C)[C@H](NC(=O)[C@@H](Cc1ccc(OC)cc1)NC(=O)OC(C)(C)C)C(=O)N1CCCCC1C(=O)OCc1ccccc1. The van der Waals surface area contributed by atoms with Gasteiger partial charge < -0.3 is 29.7 Å². The van der Waals surface area contributed by atoms with Gasteiger partial charge in [0.15, 0.2) is 0 Å². The minimum atomic E-state index is -1.02. The Balaban J connectivity index is 1.79. The summed E-state index contributed by atoms with van der Waals surface area (Å²) < 4.78 is 16.3. The zero-order chi connectivity index (χ0) is 32.3. The maximum atomic E-state index is 14.1. The average molecular weight is 610 g/mol. The summed E-state index contributed by atoms with van der Waals surface area (Å²) in [6.07, 6.45) is 2.05. The van der Waals surface area contributed by atoms with Crippen molar-refractivity contribution in [3.8, 4) is 5.75 Å². The molecule has 0 spiro atoms. The monoisotopic (exact) mass is 609 g/mol. The first-order valence-corrected chi connectivity index (χ1v) is 15.4. The summed E-state index contributed by atoms with van der Waals surface area (Å²) in [6, 6.07) is 13.9. The molecule has 2 N–H and O–H groups in total. The van der Waals surface area contributed by atoms with Gasteiger partial charge in [-0.2, -0.15) is 0 Å². The molecule has 3 rings (SSSR count). The van der Waals surface area contributed by atoms with Crippen LogP contribution < -0.4 is 15.4 Å². The topological polar surface area (TPSA) is 123 Å². The number of ether oxygens (including phenoxy) is 3. The summed E-state index contributed by atoms with van der Waals surface area (Å²) in [4.78, 5) is 55.3. The van der Waals surface area contributed by atoms with E-state index in [4.69, 9.17) is 14.2 Å². The lowest BCUT2D eigenvalue weighted by atomic mass is 9.94. The molecule has 1 unspecified atom stereocenters. The molecule has 1 heterocycles. The van der Waals surface area contributed by atoms with Crippen LogP contribution in [0.2, 0.25) is 0 Å². The number of nitrogens with one attached hydrogen (secondary N) is 2. The Morgan fingerprint density at radius 1 is 0.955 bits per heavy atom. The molecule has 1 saturated heterocycles. The number of hydrogen-bond acceptors (Lipinski definition) is 7. The molecule has 4 atom stereocenters. The molecular formula is C34H47N3O7. The van der Waals surface area contributed by atoms with Gasteiger partial charge in [-0.3, -0.25) is 9.59 Å². The number of carbonyl (C=O) groups is 4. The second kappa shape index (κ2) is 16.1. The van der Waals surface area contributed by atoms with Crippen molar-refractivity contribution in [2.75, 3.05) is 13.7 Å². The number of piperidine rings is 1. The van der Waals surface area contributed by atoms with Gasteiger partial charge in [-0.15, -0.1) is 0 Å². The van der Waals surface area contributed by atoms with Gasteiger partial charge in [0, 0.05) is 13.0 Å². The Bertz CT molecular complexity index is 1240. The number of carbonyl (C=O) groups excluding carboxylic acids is 4. The van der Waals surface area contributed by atoms with Gasteiger partial charge in [-0.25, -0.2) is 9.59 Å². The van der Waals surface area contributed by atoms with Crippen molar-refractivity contribution in [3.05, 3.63) is 65.7 Å². The lowest BCUT2D eigenvalue weighted by Gasteiger charge is -2.38. The second-order valence-corrected chi connectivity index (χ2v) is 12.3. The van der Waals surface area contributed by atoms with Gasteiger partial charge in [0.05, 0.1) is 7.11 Å². The zero-order valence-electron chi connectivity index (χ0n) is 26.8. The van der Waals surface area contributed by atoms with Crippen LogP contribution in [0.25, 0.3) is 0 Å². The molecule has 0 saturated carbocycles. The fourth-order valence-corrected chi connectivity index (χ4v) is 5.04. The molecule has 1 fully saturated rings. The third-order valence-corrected chi connectivity index (χ3v) is 7.67. The van der Waals surface area contributed by atoms with Crippen molar-refractivity contribution in [1.29, 1.82) is 0 Å². The standard InChI is InChI=1S/C34H47N3O7/c1-7-23(2)29(31(39)37-20-12-11-15-28(37)32(40)43-22-25-13-9-8-10-14-25)36-30(38)27(35-33(41)44-34(3,4)5)21-24-16-18-26(42-6)19-17-24/h8-10,13-14,16-19,23,27-29H,7,11-12,15,20-22H2,1-6H3,(H,35,41)(H,36,38)/t23-,27+,28?,29-/m0/s1. The first-order valence-electron chi connectivity index (χ1n) is 15.4. The minimum Gasteiger partial charge on any atom is -0.497 e. The predicted octanol–water partition coefficient (Wildman–Crippen LogP) is 4.79. The molecule has 240 valence electrons. The number of hydrogen-bond donors (Lipinski definition) is 2.